The summed E-state index contributed by atoms with van der Waals surface area (Å²) in [6.45, 7) is 25.2. The van der Waals surface area contributed by atoms with Crippen molar-refractivity contribution in [1.82, 2.24) is 0 Å². The van der Waals surface area contributed by atoms with Gasteiger partial charge >= 0.3 is 26.2 Å². The monoisotopic (exact) mass is 705 g/mol. The molecular formula is C42H51N2O2Zr. The van der Waals surface area contributed by atoms with Crippen molar-refractivity contribution in [3.8, 4) is 0 Å². The van der Waals surface area contributed by atoms with Crippen LogP contribution in [0.2, 0.25) is 0 Å². The first-order valence-electron chi connectivity index (χ1n) is 16.1. The molecule has 4 rings (SSSR count). The Morgan fingerprint density at radius 2 is 0.894 bits per heavy atom. The van der Waals surface area contributed by atoms with Crippen LogP contribution < -0.4 is 0 Å². The maximum absolute atomic E-state index is 9.88. The summed E-state index contributed by atoms with van der Waals surface area (Å²) in [7, 11) is 0. The molecule has 0 aliphatic rings. The Morgan fingerprint density at radius 3 is 1.23 bits per heavy atom. The molecule has 0 fully saturated rings. The number of hydrogen-bond acceptors (Lipinski definition) is 2. The average molecular weight is 707 g/mol. The van der Waals surface area contributed by atoms with Gasteiger partial charge in [-0.15, -0.1) is 35.6 Å². The van der Waals surface area contributed by atoms with Crippen LogP contribution in [0, 0.1) is 75.7 Å². The standard InChI is InChI=1S/C28H41N2.2C7H5O.Zr/c1-16(30-28-25(10)21(6)18(3)22(7)26(28)11)14-12-13-15-29-27-23(8)19(4)17(2)20(5)24(27)9;2*8-6-7-4-2-1-3-5-7;/h12,16H,13-15H2,1-11H3;2*1-5H;/q3*-1;+3. The van der Waals surface area contributed by atoms with Crippen LogP contribution in [0.25, 0.3) is 10.6 Å². The number of unbranched alkanes of at least 4 members (excludes halogenated alkanes) is 1. The minimum atomic E-state index is 0. The van der Waals surface area contributed by atoms with E-state index in [-0.39, 0.29) is 32.2 Å². The second-order valence-electron chi connectivity index (χ2n) is 12.1. The minimum absolute atomic E-state index is 0. The molecule has 4 nitrogen and oxygen atoms in total. The first kappa shape index (κ1) is 41.6. The van der Waals surface area contributed by atoms with E-state index in [0.717, 1.165) is 19.4 Å². The molecule has 1 atom stereocenters. The van der Waals surface area contributed by atoms with Crippen molar-refractivity contribution < 1.29 is 35.8 Å². The summed E-state index contributed by atoms with van der Waals surface area (Å²) in [5.74, 6) is 0. The van der Waals surface area contributed by atoms with E-state index in [0.29, 0.717) is 11.1 Å². The predicted molar refractivity (Wildman–Crippen MR) is 197 cm³/mol. The molecule has 0 aliphatic carbocycles. The van der Waals surface area contributed by atoms with Crippen molar-refractivity contribution >= 4 is 23.9 Å². The summed E-state index contributed by atoms with van der Waals surface area (Å²) in [4.78, 5) is 19.8. The van der Waals surface area contributed by atoms with E-state index < -0.39 is 0 Å². The number of nitrogens with zero attached hydrogens (tertiary/aromatic N) is 2. The quantitative estimate of drug-likeness (QED) is 0.122. The second kappa shape index (κ2) is 20.7. The maximum atomic E-state index is 9.88. The van der Waals surface area contributed by atoms with Gasteiger partial charge in [0.1, 0.15) is 0 Å². The van der Waals surface area contributed by atoms with Crippen LogP contribution in [0.15, 0.2) is 60.7 Å². The molecule has 1 unspecified atom stereocenters. The third kappa shape index (κ3) is 12.0. The van der Waals surface area contributed by atoms with Gasteiger partial charge in [-0.1, -0.05) is 53.9 Å². The molecule has 0 saturated heterocycles. The van der Waals surface area contributed by atoms with Gasteiger partial charge in [0.25, 0.3) is 0 Å². The molecule has 0 bridgehead atoms. The van der Waals surface area contributed by atoms with Gasteiger partial charge in [-0.3, -0.25) is 0 Å². The Hall–Kier alpha value is -3.43. The molecule has 47 heavy (non-hydrogen) atoms. The van der Waals surface area contributed by atoms with Gasteiger partial charge in [-0.25, -0.2) is 0 Å². The van der Waals surface area contributed by atoms with Crippen LogP contribution in [0.1, 0.15) is 86.5 Å². The normalized spacial score (nSPS) is 10.6. The molecule has 0 N–H and O–H groups in total. The van der Waals surface area contributed by atoms with Gasteiger partial charge < -0.3 is 20.2 Å². The number of rotatable bonds is 10. The Balaban J connectivity index is 0.000000525. The van der Waals surface area contributed by atoms with Crippen LogP contribution in [0.3, 0.4) is 0 Å². The Labute approximate surface area is 304 Å². The van der Waals surface area contributed by atoms with Gasteiger partial charge in [0, 0.05) is 0 Å². The first-order valence-corrected chi connectivity index (χ1v) is 16.1. The van der Waals surface area contributed by atoms with E-state index in [1.54, 1.807) is 61.1 Å². The van der Waals surface area contributed by atoms with Gasteiger partial charge in [-0.2, -0.15) is 35.4 Å². The third-order valence-electron chi connectivity index (χ3n) is 9.16. The van der Waals surface area contributed by atoms with E-state index >= 15 is 0 Å². The topological polar surface area (TPSA) is 62.3 Å². The van der Waals surface area contributed by atoms with E-state index in [1.807, 2.05) is 12.1 Å². The first-order chi connectivity index (χ1) is 21.8. The summed E-state index contributed by atoms with van der Waals surface area (Å²) in [6.07, 6.45) is 7.89. The van der Waals surface area contributed by atoms with Gasteiger partial charge in [0.15, 0.2) is 0 Å². The summed E-state index contributed by atoms with van der Waals surface area (Å²) in [5.41, 5.74) is 17.2. The smallest absolute Gasteiger partial charge is 0.681 e. The van der Waals surface area contributed by atoms with Crippen molar-refractivity contribution in [2.75, 3.05) is 6.54 Å². The van der Waals surface area contributed by atoms with E-state index in [9.17, 15) is 9.59 Å². The van der Waals surface area contributed by atoms with E-state index in [2.05, 4.69) is 82.6 Å². The fraction of sp³-hybridized carbons (Fsp3) is 0.357. The van der Waals surface area contributed by atoms with Crippen molar-refractivity contribution in [3.63, 3.8) is 0 Å². The summed E-state index contributed by atoms with van der Waals surface area (Å²) in [5, 5.41) is 10.0. The number of carbonyl (C=O) groups excluding carboxylic acids is 2. The molecule has 0 heterocycles. The van der Waals surface area contributed by atoms with E-state index in [1.165, 1.54) is 67.0 Å². The summed E-state index contributed by atoms with van der Waals surface area (Å²) in [6, 6.07) is 18.1. The SMILES string of the molecule is Cc1c(C)c(C)c([N-]CC[CH+]CC(C)[N-]c2c(C)c(C)c(C)c(C)c2C)c(C)c1C.O=[C-]c1ccccc1.O=[C-]c1ccccc1.[Zr+3]. The molecule has 0 aliphatic heterocycles. The van der Waals surface area contributed by atoms with Crippen LogP contribution in [-0.4, -0.2) is 25.2 Å². The molecule has 0 amide bonds. The Morgan fingerprint density at radius 1 is 0.553 bits per heavy atom. The summed E-state index contributed by atoms with van der Waals surface area (Å²) >= 11 is 0. The molecule has 5 heteroatoms. The van der Waals surface area contributed by atoms with Crippen LogP contribution in [0.5, 0.6) is 0 Å². The predicted octanol–water partition coefficient (Wildman–Crippen LogP) is 11.1. The fourth-order valence-electron chi connectivity index (χ4n) is 5.30. The largest absolute Gasteiger partial charge is 3.00 e. The third-order valence-corrected chi connectivity index (χ3v) is 9.16. The molecule has 245 valence electrons. The molecule has 1 radical (unpaired) electrons. The van der Waals surface area contributed by atoms with Gasteiger partial charge in [0.05, 0.1) is 31.8 Å². The van der Waals surface area contributed by atoms with Crippen LogP contribution in [-0.2, 0) is 35.8 Å². The zero-order valence-electron chi connectivity index (χ0n) is 30.3. The molecular weight excluding hydrogens is 656 g/mol. The second-order valence-corrected chi connectivity index (χ2v) is 12.1. The molecule has 0 spiro atoms. The fourth-order valence-corrected chi connectivity index (χ4v) is 5.30. The van der Waals surface area contributed by atoms with Crippen molar-refractivity contribution in [2.24, 2.45) is 0 Å². The molecule has 4 aromatic carbocycles. The van der Waals surface area contributed by atoms with Crippen LogP contribution >= 0.6 is 0 Å². The summed E-state index contributed by atoms with van der Waals surface area (Å²) < 4.78 is 0. The van der Waals surface area contributed by atoms with E-state index in [4.69, 9.17) is 10.6 Å². The molecule has 0 saturated carbocycles. The molecule has 4 aromatic rings. The van der Waals surface area contributed by atoms with Gasteiger partial charge in [0.2, 0.25) is 0 Å². The maximum Gasteiger partial charge on any atom is 3.00 e. The Kier molecular flexibility index (Phi) is 18.3. The molecule has 0 aromatic heterocycles. The zero-order chi connectivity index (χ0) is 34.4. The Bertz CT molecular complexity index is 1480. The zero-order valence-corrected chi connectivity index (χ0v) is 32.7. The number of hydrogen-bond donors (Lipinski definition) is 0. The number of benzene rings is 4. The van der Waals surface area contributed by atoms with Crippen molar-refractivity contribution in [1.29, 1.82) is 0 Å². The minimum Gasteiger partial charge on any atom is -0.681 e. The van der Waals surface area contributed by atoms with Gasteiger partial charge in [-0.05, 0) is 103 Å². The average Bonchev–Trinajstić information content (AvgIpc) is 3.09. The van der Waals surface area contributed by atoms with Crippen molar-refractivity contribution in [2.45, 2.75) is 95.0 Å². The van der Waals surface area contributed by atoms with Crippen LogP contribution in [0.4, 0.5) is 11.4 Å². The van der Waals surface area contributed by atoms with Crippen molar-refractivity contribution in [3.05, 3.63) is 144 Å².